The van der Waals surface area contributed by atoms with Crippen molar-refractivity contribution in [2.24, 2.45) is 0 Å². The van der Waals surface area contributed by atoms with Gasteiger partial charge in [-0.25, -0.2) is 0 Å². The molecule has 156 valence electrons. The first-order chi connectivity index (χ1) is 14.1. The van der Waals surface area contributed by atoms with Gasteiger partial charge in [0.25, 0.3) is 17.7 Å². The first-order valence-corrected chi connectivity index (χ1v) is 8.40. The van der Waals surface area contributed by atoms with Crippen molar-refractivity contribution in [2.45, 2.75) is 6.36 Å². The Morgan fingerprint density at radius 1 is 0.933 bits per heavy atom. The van der Waals surface area contributed by atoms with Gasteiger partial charge in [0.2, 0.25) is 0 Å². The molecule has 1 aliphatic rings. The molecule has 1 heterocycles. The molecule has 3 rings (SSSR count). The minimum absolute atomic E-state index is 0.144. The van der Waals surface area contributed by atoms with E-state index in [0.717, 1.165) is 12.1 Å². The van der Waals surface area contributed by atoms with E-state index in [2.05, 4.69) is 10.1 Å². The van der Waals surface area contributed by atoms with Gasteiger partial charge in [0.1, 0.15) is 12.3 Å². The van der Waals surface area contributed by atoms with Crippen LogP contribution in [0.5, 0.6) is 5.75 Å². The summed E-state index contributed by atoms with van der Waals surface area (Å²) in [6, 6.07) is 10.4. The number of ether oxygens (including phenoxy) is 2. The number of fused-ring (bicyclic) bond motifs is 1. The van der Waals surface area contributed by atoms with E-state index in [0.29, 0.717) is 4.90 Å². The molecule has 3 amide bonds. The zero-order chi connectivity index (χ0) is 21.9. The van der Waals surface area contributed by atoms with Gasteiger partial charge in [-0.05, 0) is 36.4 Å². The summed E-state index contributed by atoms with van der Waals surface area (Å²) in [5.74, 6) is -3.49. The monoisotopic (exact) mass is 422 g/mol. The second kappa shape index (κ2) is 8.23. The minimum atomic E-state index is -4.83. The second-order valence-corrected chi connectivity index (χ2v) is 6.02. The lowest BCUT2D eigenvalue weighted by Gasteiger charge is -2.13. The van der Waals surface area contributed by atoms with Gasteiger partial charge in [0.05, 0.1) is 11.1 Å². The summed E-state index contributed by atoms with van der Waals surface area (Å²) in [6.45, 7) is -1.38. The summed E-state index contributed by atoms with van der Waals surface area (Å²) in [5.41, 5.74) is 0.489. The van der Waals surface area contributed by atoms with Crippen molar-refractivity contribution in [3.63, 3.8) is 0 Å². The van der Waals surface area contributed by atoms with Crippen molar-refractivity contribution in [1.82, 2.24) is 4.90 Å². The van der Waals surface area contributed by atoms with E-state index < -0.39 is 49.0 Å². The number of halogens is 3. The van der Waals surface area contributed by atoms with Crippen molar-refractivity contribution in [3.05, 3.63) is 59.7 Å². The Morgan fingerprint density at radius 2 is 1.50 bits per heavy atom. The number of esters is 1. The quantitative estimate of drug-likeness (QED) is 0.567. The third kappa shape index (κ3) is 4.93. The van der Waals surface area contributed by atoms with E-state index in [4.69, 9.17) is 4.74 Å². The standard InChI is InChI=1S/C19H13F3N2O6/c20-19(21,22)30-12-7-5-11(6-8-12)23-15(25)10-29-16(26)9-24-17(27)13-3-1-2-4-14(13)18(24)28/h1-8H,9-10H2,(H,23,25). The Bertz CT molecular complexity index is 969. The molecule has 0 unspecified atom stereocenters. The average molecular weight is 422 g/mol. The normalized spacial score (nSPS) is 13.1. The molecule has 11 heteroatoms. The molecular weight excluding hydrogens is 409 g/mol. The maximum atomic E-state index is 12.2. The molecule has 2 aromatic carbocycles. The molecule has 0 aliphatic carbocycles. The number of carbonyl (C=O) groups is 4. The highest BCUT2D eigenvalue weighted by Crippen LogP contribution is 2.24. The molecule has 0 fully saturated rings. The van der Waals surface area contributed by atoms with Crippen LogP contribution in [0, 0.1) is 0 Å². The zero-order valence-corrected chi connectivity index (χ0v) is 15.1. The number of rotatable bonds is 6. The summed E-state index contributed by atoms with van der Waals surface area (Å²) in [5, 5.41) is 2.31. The lowest BCUT2D eigenvalue weighted by Crippen LogP contribution is -2.36. The Balaban J connectivity index is 1.48. The maximum Gasteiger partial charge on any atom is 0.573 e. The maximum absolute atomic E-state index is 12.2. The van der Waals surface area contributed by atoms with Crippen molar-refractivity contribution < 1.29 is 41.8 Å². The molecule has 1 N–H and O–H groups in total. The molecule has 0 bridgehead atoms. The highest BCUT2D eigenvalue weighted by molar-refractivity contribution is 6.22. The molecule has 0 spiro atoms. The van der Waals surface area contributed by atoms with Crippen molar-refractivity contribution >= 4 is 29.4 Å². The Kier molecular flexibility index (Phi) is 5.72. The number of nitrogens with zero attached hydrogens (tertiary/aromatic N) is 1. The molecule has 0 saturated heterocycles. The fourth-order valence-electron chi connectivity index (χ4n) is 2.64. The Morgan fingerprint density at radius 3 is 2.03 bits per heavy atom. The summed E-state index contributed by atoms with van der Waals surface area (Å²) in [4.78, 5) is 48.8. The number of nitrogens with one attached hydrogen (secondary N) is 1. The average Bonchev–Trinajstić information content (AvgIpc) is 2.92. The molecular formula is C19H13F3N2O6. The van der Waals surface area contributed by atoms with Crippen LogP contribution >= 0.6 is 0 Å². The van der Waals surface area contributed by atoms with Crippen molar-refractivity contribution in [1.29, 1.82) is 0 Å². The number of anilines is 1. The number of benzene rings is 2. The largest absolute Gasteiger partial charge is 0.573 e. The number of imide groups is 1. The third-order valence-corrected chi connectivity index (χ3v) is 3.90. The van der Waals surface area contributed by atoms with Crippen LogP contribution in [0.3, 0.4) is 0 Å². The highest BCUT2D eigenvalue weighted by atomic mass is 19.4. The molecule has 30 heavy (non-hydrogen) atoms. The van der Waals surface area contributed by atoms with Gasteiger partial charge in [-0.1, -0.05) is 12.1 Å². The van der Waals surface area contributed by atoms with Crippen LogP contribution in [0.2, 0.25) is 0 Å². The van der Waals surface area contributed by atoms with Crippen LogP contribution < -0.4 is 10.1 Å². The summed E-state index contributed by atoms with van der Waals surface area (Å²) >= 11 is 0. The molecule has 8 nitrogen and oxygen atoms in total. The van der Waals surface area contributed by atoms with Crippen LogP contribution in [0.15, 0.2) is 48.5 Å². The molecule has 2 aromatic rings. The van der Waals surface area contributed by atoms with Gasteiger partial charge in [-0.3, -0.25) is 24.1 Å². The predicted octanol–water partition coefficient (Wildman–Crippen LogP) is 2.36. The van der Waals surface area contributed by atoms with Gasteiger partial charge < -0.3 is 14.8 Å². The number of amides is 3. The number of hydrogen-bond donors (Lipinski definition) is 1. The van der Waals surface area contributed by atoms with Crippen molar-refractivity contribution in [2.75, 3.05) is 18.5 Å². The first-order valence-electron chi connectivity index (χ1n) is 8.40. The van der Waals surface area contributed by atoms with Gasteiger partial charge in [-0.2, -0.15) is 0 Å². The van der Waals surface area contributed by atoms with E-state index in [1.165, 1.54) is 24.3 Å². The number of alkyl halides is 3. The molecule has 0 aromatic heterocycles. The lowest BCUT2D eigenvalue weighted by molar-refractivity contribution is -0.274. The van der Waals surface area contributed by atoms with Crippen LogP contribution in [0.25, 0.3) is 0 Å². The van der Waals surface area contributed by atoms with Crippen LogP contribution in [0.4, 0.5) is 18.9 Å². The molecule has 1 aliphatic heterocycles. The first kappa shape index (κ1) is 20.8. The van der Waals surface area contributed by atoms with Gasteiger partial charge in [0, 0.05) is 5.69 Å². The van der Waals surface area contributed by atoms with E-state index in [-0.39, 0.29) is 16.8 Å². The summed E-state index contributed by atoms with van der Waals surface area (Å²) in [7, 11) is 0. The Hall–Kier alpha value is -3.89. The van der Waals surface area contributed by atoms with E-state index in [1.807, 2.05) is 0 Å². The second-order valence-electron chi connectivity index (χ2n) is 6.02. The van der Waals surface area contributed by atoms with E-state index in [9.17, 15) is 32.3 Å². The Labute approximate surface area is 167 Å². The minimum Gasteiger partial charge on any atom is -0.454 e. The molecule has 0 saturated carbocycles. The van der Waals surface area contributed by atoms with E-state index >= 15 is 0 Å². The van der Waals surface area contributed by atoms with E-state index in [1.54, 1.807) is 12.1 Å². The smallest absolute Gasteiger partial charge is 0.454 e. The lowest BCUT2D eigenvalue weighted by atomic mass is 10.1. The van der Waals surface area contributed by atoms with Crippen LogP contribution in [0.1, 0.15) is 20.7 Å². The number of carbonyl (C=O) groups excluding carboxylic acids is 4. The van der Waals surface area contributed by atoms with Crippen LogP contribution in [-0.4, -0.2) is 48.1 Å². The summed E-state index contributed by atoms with van der Waals surface area (Å²) in [6.07, 6.45) is -4.83. The molecule has 0 radical (unpaired) electrons. The SMILES string of the molecule is O=C(COC(=O)CN1C(=O)c2ccccc2C1=O)Nc1ccc(OC(F)(F)F)cc1. The van der Waals surface area contributed by atoms with Gasteiger partial charge in [-0.15, -0.1) is 13.2 Å². The highest BCUT2D eigenvalue weighted by Gasteiger charge is 2.36. The van der Waals surface area contributed by atoms with Gasteiger partial charge >= 0.3 is 12.3 Å². The summed E-state index contributed by atoms with van der Waals surface area (Å²) < 4.78 is 44.8. The topological polar surface area (TPSA) is 102 Å². The molecule has 0 atom stereocenters. The fourth-order valence-corrected chi connectivity index (χ4v) is 2.64. The predicted molar refractivity (Wildman–Crippen MR) is 94.5 cm³/mol. The fraction of sp³-hybridized carbons (Fsp3) is 0.158. The number of hydrogen-bond acceptors (Lipinski definition) is 6. The third-order valence-electron chi connectivity index (χ3n) is 3.90. The van der Waals surface area contributed by atoms with Crippen LogP contribution in [-0.2, 0) is 14.3 Å². The zero-order valence-electron chi connectivity index (χ0n) is 15.1. The van der Waals surface area contributed by atoms with Crippen molar-refractivity contribution in [3.8, 4) is 5.75 Å². The van der Waals surface area contributed by atoms with Gasteiger partial charge in [0.15, 0.2) is 6.61 Å².